The highest BCUT2D eigenvalue weighted by atomic mass is 32.2. The fourth-order valence-electron chi connectivity index (χ4n) is 2.33. The van der Waals surface area contributed by atoms with Crippen molar-refractivity contribution < 1.29 is 12.8 Å². The lowest BCUT2D eigenvalue weighted by Crippen LogP contribution is -2.41. The van der Waals surface area contributed by atoms with Gasteiger partial charge in [-0.05, 0) is 30.0 Å². The van der Waals surface area contributed by atoms with E-state index in [0.717, 1.165) is 5.56 Å². The Morgan fingerprint density at radius 2 is 1.71 bits per heavy atom. The minimum Gasteiger partial charge on any atom is -0.306 e. The molecule has 0 aliphatic carbocycles. The number of halogens is 1. The maximum absolute atomic E-state index is 13.1. The van der Waals surface area contributed by atoms with Crippen LogP contribution in [0.4, 0.5) is 4.39 Å². The molecule has 0 radical (unpaired) electrons. The first-order valence-electron chi connectivity index (χ1n) is 7.27. The van der Waals surface area contributed by atoms with E-state index < -0.39 is 9.84 Å². The number of nitrogens with one attached hydrogen (secondary N) is 1. The largest absolute Gasteiger partial charge is 0.306 e. The minimum atomic E-state index is -3.02. The Labute approximate surface area is 127 Å². The molecule has 21 heavy (non-hydrogen) atoms. The maximum atomic E-state index is 13.1. The van der Waals surface area contributed by atoms with Crippen LogP contribution in [-0.4, -0.2) is 26.0 Å². The van der Waals surface area contributed by atoms with E-state index in [9.17, 15) is 12.8 Å². The van der Waals surface area contributed by atoms with Crippen LogP contribution in [-0.2, 0) is 9.84 Å². The minimum absolute atomic E-state index is 0.0415. The van der Waals surface area contributed by atoms with Crippen LogP contribution in [0.25, 0.3) is 0 Å². The fourth-order valence-corrected chi connectivity index (χ4v) is 3.43. The smallest absolute Gasteiger partial charge is 0.151 e. The van der Waals surface area contributed by atoms with Gasteiger partial charge in [-0.2, -0.15) is 0 Å². The Hall–Kier alpha value is -0.940. The van der Waals surface area contributed by atoms with Crippen molar-refractivity contribution in [2.45, 2.75) is 46.7 Å². The predicted octanol–water partition coefficient (Wildman–Crippen LogP) is 3.33. The molecule has 1 rings (SSSR count). The number of sulfone groups is 1. The Kier molecular flexibility index (Phi) is 5.93. The summed E-state index contributed by atoms with van der Waals surface area (Å²) in [5, 5.41) is 3.38. The summed E-state index contributed by atoms with van der Waals surface area (Å²) in [6.45, 7) is 9.76. The third-order valence-electron chi connectivity index (χ3n) is 3.46. The van der Waals surface area contributed by atoms with E-state index in [2.05, 4.69) is 26.1 Å². The number of hydrogen-bond acceptors (Lipinski definition) is 3. The molecule has 1 N–H and O–H groups in total. The first-order valence-corrected chi connectivity index (χ1v) is 9.09. The Bertz CT molecular complexity index is 547. The van der Waals surface area contributed by atoms with Gasteiger partial charge in [0.25, 0.3) is 0 Å². The SMILES string of the molecule is CCS(=O)(=O)CC(C)NC(c1ccc(F)cc1)C(C)(C)C. The van der Waals surface area contributed by atoms with Crippen LogP contribution in [0.5, 0.6) is 0 Å². The fraction of sp³-hybridized carbons (Fsp3) is 0.625. The van der Waals surface area contributed by atoms with E-state index in [-0.39, 0.29) is 34.8 Å². The molecule has 0 saturated heterocycles. The molecule has 5 heteroatoms. The first-order chi connectivity index (χ1) is 9.55. The van der Waals surface area contributed by atoms with Crippen LogP contribution in [0, 0.1) is 11.2 Å². The second kappa shape index (κ2) is 6.88. The van der Waals surface area contributed by atoms with Crippen LogP contribution in [0.2, 0.25) is 0 Å². The maximum Gasteiger partial charge on any atom is 0.151 e. The number of rotatable bonds is 6. The molecular formula is C16H26FNO2S. The predicted molar refractivity (Wildman–Crippen MR) is 85.5 cm³/mol. The lowest BCUT2D eigenvalue weighted by atomic mass is 9.82. The van der Waals surface area contributed by atoms with Crippen LogP contribution in [0.3, 0.4) is 0 Å². The van der Waals surface area contributed by atoms with E-state index in [1.807, 2.05) is 6.92 Å². The highest BCUT2D eigenvalue weighted by Gasteiger charge is 2.28. The third-order valence-corrected chi connectivity index (χ3v) is 5.35. The summed E-state index contributed by atoms with van der Waals surface area (Å²) in [5.41, 5.74) is 0.854. The molecule has 2 unspecified atom stereocenters. The standard InChI is InChI=1S/C16H26FNO2S/c1-6-21(19,20)11-12(2)18-15(16(3,4)5)13-7-9-14(17)10-8-13/h7-10,12,15,18H,6,11H2,1-5H3. The zero-order chi connectivity index (χ0) is 16.3. The van der Waals surface area contributed by atoms with Gasteiger partial charge in [0.05, 0.1) is 5.75 Å². The second-order valence-corrected chi connectivity index (χ2v) is 9.02. The van der Waals surface area contributed by atoms with Crippen molar-refractivity contribution >= 4 is 9.84 Å². The molecule has 1 aromatic carbocycles. The molecule has 0 spiro atoms. The van der Waals surface area contributed by atoms with Gasteiger partial charge >= 0.3 is 0 Å². The molecule has 1 aromatic rings. The van der Waals surface area contributed by atoms with Crippen molar-refractivity contribution in [1.82, 2.24) is 5.32 Å². The lowest BCUT2D eigenvalue weighted by Gasteiger charge is -2.34. The van der Waals surface area contributed by atoms with Crippen molar-refractivity contribution in [2.24, 2.45) is 5.41 Å². The van der Waals surface area contributed by atoms with Crippen LogP contribution >= 0.6 is 0 Å². The molecule has 0 fully saturated rings. The van der Waals surface area contributed by atoms with Gasteiger partial charge in [0.15, 0.2) is 9.84 Å². The van der Waals surface area contributed by atoms with Crippen molar-refractivity contribution in [3.05, 3.63) is 35.6 Å². The number of benzene rings is 1. The van der Waals surface area contributed by atoms with Gasteiger partial charge in [0, 0.05) is 17.8 Å². The highest BCUT2D eigenvalue weighted by molar-refractivity contribution is 7.91. The quantitative estimate of drug-likeness (QED) is 0.876. The average molecular weight is 315 g/mol. The summed E-state index contributed by atoms with van der Waals surface area (Å²) in [6, 6.07) is 6.16. The summed E-state index contributed by atoms with van der Waals surface area (Å²) in [5.74, 6) is -0.0134. The van der Waals surface area contributed by atoms with E-state index in [1.54, 1.807) is 19.1 Å². The summed E-state index contributed by atoms with van der Waals surface area (Å²) in [4.78, 5) is 0. The normalized spacial score (nSPS) is 15.7. The summed E-state index contributed by atoms with van der Waals surface area (Å²) in [7, 11) is -3.02. The molecule has 0 saturated carbocycles. The van der Waals surface area contributed by atoms with Crippen LogP contribution < -0.4 is 5.32 Å². The average Bonchev–Trinajstić information content (AvgIpc) is 2.35. The Morgan fingerprint density at radius 3 is 2.14 bits per heavy atom. The summed E-state index contributed by atoms with van der Waals surface area (Å²) < 4.78 is 36.5. The second-order valence-electron chi connectivity index (χ2n) is 6.62. The zero-order valence-corrected chi connectivity index (χ0v) is 14.3. The van der Waals surface area contributed by atoms with E-state index >= 15 is 0 Å². The summed E-state index contributed by atoms with van der Waals surface area (Å²) in [6.07, 6.45) is 0. The summed E-state index contributed by atoms with van der Waals surface area (Å²) >= 11 is 0. The van der Waals surface area contributed by atoms with Gasteiger partial charge in [-0.1, -0.05) is 39.8 Å². The zero-order valence-electron chi connectivity index (χ0n) is 13.5. The van der Waals surface area contributed by atoms with Crippen molar-refractivity contribution in [3.63, 3.8) is 0 Å². The van der Waals surface area contributed by atoms with E-state index in [0.29, 0.717) is 0 Å². The lowest BCUT2D eigenvalue weighted by molar-refractivity contribution is 0.258. The molecular weight excluding hydrogens is 289 g/mol. The van der Waals surface area contributed by atoms with Gasteiger partial charge in [0.2, 0.25) is 0 Å². The first kappa shape index (κ1) is 18.1. The van der Waals surface area contributed by atoms with Crippen molar-refractivity contribution in [1.29, 1.82) is 0 Å². The monoisotopic (exact) mass is 315 g/mol. The topological polar surface area (TPSA) is 46.2 Å². The van der Waals surface area contributed by atoms with Crippen LogP contribution in [0.15, 0.2) is 24.3 Å². The van der Waals surface area contributed by atoms with Gasteiger partial charge in [-0.3, -0.25) is 0 Å². The van der Waals surface area contributed by atoms with Gasteiger partial charge in [0.1, 0.15) is 5.82 Å². The Balaban J connectivity index is 2.93. The third kappa shape index (κ3) is 5.75. The molecule has 0 amide bonds. The Morgan fingerprint density at radius 1 is 1.19 bits per heavy atom. The molecule has 0 aliphatic rings. The van der Waals surface area contributed by atoms with Crippen molar-refractivity contribution in [2.75, 3.05) is 11.5 Å². The molecule has 0 bridgehead atoms. The van der Waals surface area contributed by atoms with Gasteiger partial charge < -0.3 is 5.32 Å². The molecule has 0 aromatic heterocycles. The molecule has 0 heterocycles. The van der Waals surface area contributed by atoms with Crippen LogP contribution in [0.1, 0.15) is 46.2 Å². The van der Waals surface area contributed by atoms with Crippen molar-refractivity contribution in [3.8, 4) is 0 Å². The highest BCUT2D eigenvalue weighted by Crippen LogP contribution is 2.33. The van der Waals surface area contributed by atoms with Gasteiger partial charge in [-0.25, -0.2) is 12.8 Å². The molecule has 3 nitrogen and oxygen atoms in total. The molecule has 2 atom stereocenters. The number of hydrogen-bond donors (Lipinski definition) is 1. The molecule has 0 aliphatic heterocycles. The van der Waals surface area contributed by atoms with Gasteiger partial charge in [-0.15, -0.1) is 0 Å². The van der Waals surface area contributed by atoms with E-state index in [4.69, 9.17) is 0 Å². The van der Waals surface area contributed by atoms with E-state index in [1.165, 1.54) is 12.1 Å². The molecule has 120 valence electrons.